The number of benzene rings is 1. The number of halogens is 1. The molecule has 1 aromatic carbocycles. The van der Waals surface area contributed by atoms with Crippen molar-refractivity contribution in [2.75, 3.05) is 6.54 Å². The van der Waals surface area contributed by atoms with Gasteiger partial charge in [-0.1, -0.05) is 17.3 Å². The highest BCUT2D eigenvalue weighted by Gasteiger charge is 2.28. The van der Waals surface area contributed by atoms with Crippen molar-refractivity contribution in [3.05, 3.63) is 77.2 Å². The van der Waals surface area contributed by atoms with Crippen LogP contribution < -0.4 is 4.74 Å². The molecule has 1 aliphatic heterocycles. The summed E-state index contributed by atoms with van der Waals surface area (Å²) in [5, 5.41) is 4.06. The fraction of sp³-hybridized carbons (Fsp3) is 0.211. The smallest absolute Gasteiger partial charge is 0.257 e. The molecule has 26 heavy (non-hydrogen) atoms. The molecule has 0 atom stereocenters. The van der Waals surface area contributed by atoms with Crippen LogP contribution in [0.5, 0.6) is 5.75 Å². The van der Waals surface area contributed by atoms with Crippen molar-refractivity contribution < 1.29 is 18.4 Å². The summed E-state index contributed by atoms with van der Waals surface area (Å²) in [7, 11) is 0. The zero-order chi connectivity index (χ0) is 17.9. The van der Waals surface area contributed by atoms with Crippen molar-refractivity contribution in [2.45, 2.75) is 19.6 Å². The first-order valence-electron chi connectivity index (χ1n) is 8.25. The zero-order valence-corrected chi connectivity index (χ0v) is 13.9. The summed E-state index contributed by atoms with van der Waals surface area (Å²) in [6, 6.07) is 9.57. The Morgan fingerprint density at radius 2 is 2.15 bits per heavy atom. The minimum atomic E-state index is -0.520. The molecule has 6 nitrogen and oxygen atoms in total. The summed E-state index contributed by atoms with van der Waals surface area (Å²) in [5.41, 5.74) is 1.53. The van der Waals surface area contributed by atoms with Gasteiger partial charge in [-0.2, -0.15) is 0 Å². The number of ether oxygens (including phenoxy) is 1. The lowest BCUT2D eigenvalue weighted by atomic mass is 10.0. The second kappa shape index (κ2) is 6.95. The third-order valence-corrected chi connectivity index (χ3v) is 4.31. The number of carbonyl (C=O) groups is 1. The molecule has 4 rings (SSSR count). The van der Waals surface area contributed by atoms with Gasteiger partial charge in [-0.25, -0.2) is 4.39 Å². The van der Waals surface area contributed by atoms with Gasteiger partial charge in [0, 0.05) is 24.7 Å². The Morgan fingerprint density at radius 1 is 1.27 bits per heavy atom. The number of rotatable bonds is 4. The van der Waals surface area contributed by atoms with Gasteiger partial charge in [0.1, 0.15) is 29.6 Å². The molecule has 3 aromatic rings. The van der Waals surface area contributed by atoms with E-state index in [2.05, 4.69) is 10.1 Å². The van der Waals surface area contributed by atoms with E-state index >= 15 is 0 Å². The molecule has 0 N–H and O–H groups in total. The minimum absolute atomic E-state index is 0.0700. The third-order valence-electron chi connectivity index (χ3n) is 4.31. The van der Waals surface area contributed by atoms with Crippen LogP contribution in [0.3, 0.4) is 0 Å². The van der Waals surface area contributed by atoms with Crippen LogP contribution >= 0.6 is 0 Å². The van der Waals surface area contributed by atoms with E-state index in [1.165, 1.54) is 12.1 Å². The van der Waals surface area contributed by atoms with Gasteiger partial charge in [-0.05, 0) is 24.3 Å². The molecule has 0 saturated heterocycles. The van der Waals surface area contributed by atoms with Crippen LogP contribution in [-0.2, 0) is 19.6 Å². The van der Waals surface area contributed by atoms with E-state index < -0.39 is 5.82 Å². The number of hydrogen-bond acceptors (Lipinski definition) is 5. The molecule has 132 valence electrons. The Kier molecular flexibility index (Phi) is 4.35. The van der Waals surface area contributed by atoms with Crippen LogP contribution in [0.4, 0.5) is 4.39 Å². The van der Waals surface area contributed by atoms with Gasteiger partial charge >= 0.3 is 0 Å². The lowest BCUT2D eigenvalue weighted by Crippen LogP contribution is -2.36. The van der Waals surface area contributed by atoms with E-state index in [1.54, 1.807) is 41.6 Å². The highest BCUT2D eigenvalue weighted by atomic mass is 19.1. The largest absolute Gasteiger partial charge is 0.486 e. The topological polar surface area (TPSA) is 68.5 Å². The minimum Gasteiger partial charge on any atom is -0.486 e. The van der Waals surface area contributed by atoms with Gasteiger partial charge in [0.15, 0.2) is 0 Å². The summed E-state index contributed by atoms with van der Waals surface area (Å²) >= 11 is 0. The maximum atomic E-state index is 13.9. The Morgan fingerprint density at radius 3 is 2.96 bits per heavy atom. The van der Waals surface area contributed by atoms with E-state index in [9.17, 15) is 9.18 Å². The second-order valence-electron chi connectivity index (χ2n) is 5.96. The van der Waals surface area contributed by atoms with Crippen molar-refractivity contribution in [2.24, 2.45) is 0 Å². The van der Waals surface area contributed by atoms with Gasteiger partial charge in [0.05, 0.1) is 18.3 Å². The number of nitrogens with zero attached hydrogens (tertiary/aromatic N) is 3. The van der Waals surface area contributed by atoms with E-state index in [0.29, 0.717) is 31.0 Å². The fourth-order valence-electron chi connectivity index (χ4n) is 2.94. The number of hydrogen-bond donors (Lipinski definition) is 0. The van der Waals surface area contributed by atoms with Gasteiger partial charge in [-0.15, -0.1) is 0 Å². The van der Waals surface area contributed by atoms with Crippen LogP contribution in [0.25, 0.3) is 0 Å². The lowest BCUT2D eigenvalue weighted by Gasteiger charge is -2.26. The standard InChI is InChI=1S/C19H16FN3O3/c20-16-6-2-1-5-14(16)19(24)23-9-7-18-15(11-23)17(22-26-18)12-25-13-4-3-8-21-10-13/h1-6,8,10H,7,9,11-12H2. The Labute approximate surface area is 149 Å². The van der Waals surface area contributed by atoms with Crippen LogP contribution in [0, 0.1) is 5.82 Å². The molecule has 1 aliphatic rings. The highest BCUT2D eigenvalue weighted by molar-refractivity contribution is 5.94. The van der Waals surface area contributed by atoms with E-state index in [1.807, 2.05) is 0 Å². The summed E-state index contributed by atoms with van der Waals surface area (Å²) in [5.74, 6) is 0.509. The van der Waals surface area contributed by atoms with Crippen LogP contribution in [0.2, 0.25) is 0 Å². The maximum absolute atomic E-state index is 13.9. The molecule has 0 unspecified atom stereocenters. The predicted octanol–water partition coefficient (Wildman–Crippen LogP) is 2.99. The van der Waals surface area contributed by atoms with Gasteiger partial charge in [0.2, 0.25) is 0 Å². The first-order chi connectivity index (χ1) is 12.7. The Balaban J connectivity index is 1.50. The van der Waals surface area contributed by atoms with Crippen LogP contribution in [-0.4, -0.2) is 27.5 Å². The number of amides is 1. The molecule has 1 amide bonds. The number of carbonyl (C=O) groups excluding carboxylic acids is 1. The van der Waals surface area contributed by atoms with Crippen molar-refractivity contribution in [3.8, 4) is 5.75 Å². The van der Waals surface area contributed by atoms with E-state index in [0.717, 1.165) is 11.3 Å². The Bertz CT molecular complexity index is 927. The molecule has 0 aliphatic carbocycles. The monoisotopic (exact) mass is 353 g/mol. The van der Waals surface area contributed by atoms with Crippen molar-refractivity contribution >= 4 is 5.91 Å². The molecule has 0 radical (unpaired) electrons. The second-order valence-corrected chi connectivity index (χ2v) is 5.96. The maximum Gasteiger partial charge on any atom is 0.257 e. The molecular weight excluding hydrogens is 337 g/mol. The zero-order valence-electron chi connectivity index (χ0n) is 13.9. The lowest BCUT2D eigenvalue weighted by molar-refractivity contribution is 0.0723. The van der Waals surface area contributed by atoms with Gasteiger partial charge in [-0.3, -0.25) is 9.78 Å². The average molecular weight is 353 g/mol. The summed E-state index contributed by atoms with van der Waals surface area (Å²) in [4.78, 5) is 18.2. The molecule has 3 heterocycles. The quantitative estimate of drug-likeness (QED) is 0.721. The van der Waals surface area contributed by atoms with Crippen molar-refractivity contribution in [1.29, 1.82) is 0 Å². The van der Waals surface area contributed by atoms with Crippen molar-refractivity contribution in [1.82, 2.24) is 15.0 Å². The molecule has 0 bridgehead atoms. The molecule has 7 heteroatoms. The summed E-state index contributed by atoms with van der Waals surface area (Å²) < 4.78 is 25.0. The average Bonchev–Trinajstić information content (AvgIpc) is 3.09. The van der Waals surface area contributed by atoms with Gasteiger partial charge < -0.3 is 14.2 Å². The highest BCUT2D eigenvalue weighted by Crippen LogP contribution is 2.25. The third kappa shape index (κ3) is 3.15. The molecule has 0 spiro atoms. The summed E-state index contributed by atoms with van der Waals surface area (Å²) in [6.45, 7) is 0.988. The van der Waals surface area contributed by atoms with Crippen LogP contribution in [0.1, 0.15) is 27.4 Å². The number of pyridine rings is 1. The molecular formula is C19H16FN3O3. The first kappa shape index (κ1) is 16.3. The van der Waals surface area contributed by atoms with E-state index in [4.69, 9.17) is 9.26 Å². The van der Waals surface area contributed by atoms with Crippen molar-refractivity contribution in [3.63, 3.8) is 0 Å². The van der Waals surface area contributed by atoms with Crippen LogP contribution in [0.15, 0.2) is 53.3 Å². The SMILES string of the molecule is O=C(c1ccccc1F)N1CCc2onc(COc3cccnc3)c2C1. The first-order valence-corrected chi connectivity index (χ1v) is 8.25. The number of fused-ring (bicyclic) bond motifs is 1. The normalized spacial score (nSPS) is 13.3. The Hall–Kier alpha value is -3.22. The molecule has 0 fully saturated rings. The fourth-order valence-corrected chi connectivity index (χ4v) is 2.94. The number of aromatic nitrogens is 2. The van der Waals surface area contributed by atoms with E-state index in [-0.39, 0.29) is 18.1 Å². The molecule has 0 saturated carbocycles. The van der Waals surface area contributed by atoms with Gasteiger partial charge in [0.25, 0.3) is 5.91 Å². The predicted molar refractivity (Wildman–Crippen MR) is 89.9 cm³/mol. The summed E-state index contributed by atoms with van der Waals surface area (Å²) in [6.07, 6.45) is 3.81. The molecule has 2 aromatic heterocycles.